The van der Waals surface area contributed by atoms with E-state index < -0.39 is 10.8 Å². The number of rotatable bonds is 6. The topological polar surface area (TPSA) is 84.6 Å². The maximum Gasteiger partial charge on any atom is 0.282 e. The van der Waals surface area contributed by atoms with Gasteiger partial charge < -0.3 is 0 Å². The molecular formula is C13H15N3O3. The Kier molecular flexibility index (Phi) is 5.40. The highest BCUT2D eigenvalue weighted by atomic mass is 16.6. The fraction of sp³-hybridized carbons (Fsp3) is 0.231. The molecule has 0 unspecified atom stereocenters. The number of hydrogen-bond acceptors (Lipinski definition) is 4. The molecule has 19 heavy (non-hydrogen) atoms. The van der Waals surface area contributed by atoms with Crippen LogP contribution in [0.1, 0.15) is 30.1 Å². The second-order valence-electron chi connectivity index (χ2n) is 3.89. The van der Waals surface area contributed by atoms with Crippen LogP contribution in [-0.4, -0.2) is 16.5 Å². The molecule has 1 aromatic rings. The number of hydrazone groups is 1. The second kappa shape index (κ2) is 7.05. The minimum Gasteiger partial charge on any atom is -0.267 e. The zero-order valence-electron chi connectivity index (χ0n) is 10.6. The van der Waals surface area contributed by atoms with Crippen molar-refractivity contribution in [2.24, 2.45) is 5.10 Å². The number of carbonyl (C=O) groups excluding carboxylic acids is 1. The first-order valence-corrected chi connectivity index (χ1v) is 5.74. The Hall–Kier alpha value is -2.50. The van der Waals surface area contributed by atoms with Gasteiger partial charge in [-0.15, -0.1) is 6.58 Å². The lowest BCUT2D eigenvalue weighted by molar-refractivity contribution is -0.385. The summed E-state index contributed by atoms with van der Waals surface area (Å²) in [5.74, 6) is -0.592. The molecule has 0 atom stereocenters. The van der Waals surface area contributed by atoms with Crippen LogP contribution in [0.2, 0.25) is 0 Å². The molecule has 0 saturated carbocycles. The van der Waals surface area contributed by atoms with Gasteiger partial charge in [-0.3, -0.25) is 14.9 Å². The largest absolute Gasteiger partial charge is 0.282 e. The number of carbonyl (C=O) groups is 1. The van der Waals surface area contributed by atoms with Crippen LogP contribution in [0.4, 0.5) is 5.69 Å². The van der Waals surface area contributed by atoms with Gasteiger partial charge in [-0.1, -0.05) is 18.2 Å². The van der Waals surface area contributed by atoms with E-state index in [9.17, 15) is 14.9 Å². The number of nitro benzene ring substituents is 1. The van der Waals surface area contributed by atoms with Crippen LogP contribution in [0.3, 0.4) is 0 Å². The van der Waals surface area contributed by atoms with E-state index in [1.54, 1.807) is 19.1 Å². The summed E-state index contributed by atoms with van der Waals surface area (Å²) < 4.78 is 0. The van der Waals surface area contributed by atoms with E-state index in [-0.39, 0.29) is 11.3 Å². The first-order valence-electron chi connectivity index (χ1n) is 5.74. The van der Waals surface area contributed by atoms with Gasteiger partial charge in [0, 0.05) is 11.8 Å². The molecule has 0 aromatic heterocycles. The van der Waals surface area contributed by atoms with Crippen molar-refractivity contribution < 1.29 is 9.72 Å². The average molecular weight is 261 g/mol. The van der Waals surface area contributed by atoms with Crippen molar-refractivity contribution in [2.75, 3.05) is 0 Å². The summed E-state index contributed by atoms with van der Waals surface area (Å²) in [6.07, 6.45) is 3.19. The van der Waals surface area contributed by atoms with Gasteiger partial charge in [0.15, 0.2) is 0 Å². The zero-order valence-corrected chi connectivity index (χ0v) is 10.6. The fourth-order valence-corrected chi connectivity index (χ4v) is 1.40. The minimum absolute atomic E-state index is 0.00669. The van der Waals surface area contributed by atoms with Crippen molar-refractivity contribution in [3.8, 4) is 0 Å². The molecular weight excluding hydrogens is 246 g/mol. The van der Waals surface area contributed by atoms with Gasteiger partial charge in [0.25, 0.3) is 11.6 Å². The molecule has 0 aliphatic carbocycles. The van der Waals surface area contributed by atoms with Gasteiger partial charge in [-0.25, -0.2) is 5.43 Å². The minimum atomic E-state index is -0.594. The van der Waals surface area contributed by atoms with Crippen molar-refractivity contribution in [2.45, 2.75) is 19.8 Å². The molecule has 0 heterocycles. The number of nitrogens with zero attached hydrogens (tertiary/aromatic N) is 2. The number of allylic oxidation sites excluding steroid dienone is 1. The number of nitrogens with one attached hydrogen (secondary N) is 1. The normalized spacial score (nSPS) is 10.9. The van der Waals surface area contributed by atoms with E-state index in [0.29, 0.717) is 6.42 Å². The molecule has 0 bridgehead atoms. The third-order valence-electron chi connectivity index (χ3n) is 2.40. The van der Waals surface area contributed by atoms with E-state index in [4.69, 9.17) is 0 Å². The van der Waals surface area contributed by atoms with Gasteiger partial charge >= 0.3 is 0 Å². The lowest BCUT2D eigenvalue weighted by atomic mass is 10.2. The third-order valence-corrected chi connectivity index (χ3v) is 2.40. The molecule has 1 amide bonds. The van der Waals surface area contributed by atoms with E-state index in [1.807, 2.05) is 0 Å². The first-order chi connectivity index (χ1) is 9.06. The van der Waals surface area contributed by atoms with Crippen molar-refractivity contribution >= 4 is 17.3 Å². The maximum atomic E-state index is 11.8. The van der Waals surface area contributed by atoms with Crippen LogP contribution < -0.4 is 5.43 Å². The Morgan fingerprint density at radius 3 is 2.84 bits per heavy atom. The van der Waals surface area contributed by atoms with Gasteiger partial charge in [0.05, 0.1) is 4.92 Å². The summed E-state index contributed by atoms with van der Waals surface area (Å²) in [6, 6.07) is 5.75. The zero-order chi connectivity index (χ0) is 14.3. The molecule has 0 spiro atoms. The van der Waals surface area contributed by atoms with Crippen LogP contribution in [-0.2, 0) is 0 Å². The van der Waals surface area contributed by atoms with Crippen molar-refractivity contribution in [3.63, 3.8) is 0 Å². The van der Waals surface area contributed by atoms with Crippen LogP contribution in [0.5, 0.6) is 0 Å². The average Bonchev–Trinajstić information content (AvgIpc) is 2.42. The molecule has 0 aliphatic rings. The van der Waals surface area contributed by atoms with E-state index >= 15 is 0 Å². The highest BCUT2D eigenvalue weighted by Gasteiger charge is 2.18. The van der Waals surface area contributed by atoms with Gasteiger partial charge in [-0.2, -0.15) is 5.10 Å². The molecule has 0 fully saturated rings. The van der Waals surface area contributed by atoms with E-state index in [1.165, 1.54) is 18.2 Å². The van der Waals surface area contributed by atoms with E-state index in [0.717, 1.165) is 12.1 Å². The predicted molar refractivity (Wildman–Crippen MR) is 73.1 cm³/mol. The fourth-order valence-electron chi connectivity index (χ4n) is 1.40. The molecule has 6 nitrogen and oxygen atoms in total. The van der Waals surface area contributed by atoms with Crippen molar-refractivity contribution in [3.05, 3.63) is 52.6 Å². The Balaban J connectivity index is 2.79. The maximum absolute atomic E-state index is 11.8. The summed E-state index contributed by atoms with van der Waals surface area (Å²) in [5, 5.41) is 14.7. The summed E-state index contributed by atoms with van der Waals surface area (Å²) in [6.45, 7) is 5.36. The predicted octanol–water partition coefficient (Wildman–Crippen LogP) is 2.67. The molecule has 1 N–H and O–H groups in total. The van der Waals surface area contributed by atoms with Crippen LogP contribution in [0, 0.1) is 10.1 Å². The molecule has 6 heteroatoms. The van der Waals surface area contributed by atoms with E-state index in [2.05, 4.69) is 17.1 Å². The Morgan fingerprint density at radius 2 is 2.21 bits per heavy atom. The number of hydrogen-bond donors (Lipinski definition) is 1. The Bertz CT molecular complexity index is 524. The number of benzene rings is 1. The Labute approximate surface area is 111 Å². The molecule has 100 valence electrons. The quantitative estimate of drug-likeness (QED) is 0.370. The third kappa shape index (κ3) is 4.34. The first kappa shape index (κ1) is 14.6. The SMILES string of the molecule is C=CCCC(C)=NNC(=O)c1ccccc1[N+](=O)[O-]. The highest BCUT2D eigenvalue weighted by molar-refractivity contribution is 5.98. The van der Waals surface area contributed by atoms with Gasteiger partial charge in [-0.05, 0) is 25.8 Å². The molecule has 0 aliphatic heterocycles. The second-order valence-corrected chi connectivity index (χ2v) is 3.89. The number of para-hydroxylation sites is 1. The Morgan fingerprint density at radius 1 is 1.53 bits per heavy atom. The number of nitro groups is 1. The summed E-state index contributed by atoms with van der Waals surface area (Å²) in [5.41, 5.74) is 2.80. The molecule has 1 aromatic carbocycles. The molecule has 0 saturated heterocycles. The molecule has 1 rings (SSSR count). The van der Waals surface area contributed by atoms with Gasteiger partial charge in [0.2, 0.25) is 0 Å². The monoisotopic (exact) mass is 261 g/mol. The van der Waals surface area contributed by atoms with Gasteiger partial charge in [0.1, 0.15) is 5.56 Å². The lowest BCUT2D eigenvalue weighted by Crippen LogP contribution is -2.20. The summed E-state index contributed by atoms with van der Waals surface area (Å²) >= 11 is 0. The highest BCUT2D eigenvalue weighted by Crippen LogP contribution is 2.17. The van der Waals surface area contributed by atoms with Crippen LogP contribution in [0.15, 0.2) is 42.0 Å². The molecule has 0 radical (unpaired) electrons. The summed E-state index contributed by atoms with van der Waals surface area (Å²) in [7, 11) is 0. The van der Waals surface area contributed by atoms with Crippen molar-refractivity contribution in [1.82, 2.24) is 5.43 Å². The van der Waals surface area contributed by atoms with Crippen molar-refractivity contribution in [1.29, 1.82) is 0 Å². The summed E-state index contributed by atoms with van der Waals surface area (Å²) in [4.78, 5) is 22.0. The lowest BCUT2D eigenvalue weighted by Gasteiger charge is -2.02. The van der Waals surface area contributed by atoms with Crippen LogP contribution in [0.25, 0.3) is 0 Å². The standard InChI is InChI=1S/C13H15N3O3/c1-3-4-7-10(2)14-15-13(17)11-8-5-6-9-12(11)16(18)19/h3,5-6,8-9H,1,4,7H2,2H3,(H,15,17). The smallest absolute Gasteiger partial charge is 0.267 e. The number of amides is 1. The van der Waals surface area contributed by atoms with Crippen LogP contribution >= 0.6 is 0 Å².